The maximum Gasteiger partial charge on any atom is 0.181 e. The zero-order chi connectivity index (χ0) is 12.1. The van der Waals surface area contributed by atoms with Gasteiger partial charge in [-0.3, -0.25) is 4.68 Å². The smallest absolute Gasteiger partial charge is 0.181 e. The summed E-state index contributed by atoms with van der Waals surface area (Å²) in [7, 11) is 1.94. The molecule has 4 nitrogen and oxygen atoms in total. The first-order valence-corrected chi connectivity index (χ1v) is 5.96. The Labute approximate surface area is 101 Å². The number of nitrogens with zero attached hydrogens (tertiary/aromatic N) is 3. The zero-order valence-electron chi connectivity index (χ0n) is 10.1. The van der Waals surface area contributed by atoms with Crippen LogP contribution in [0, 0.1) is 0 Å². The highest BCUT2D eigenvalue weighted by Gasteiger charge is 2.08. The molecule has 90 valence electrons. The minimum absolute atomic E-state index is 0.739. The summed E-state index contributed by atoms with van der Waals surface area (Å²) in [4.78, 5) is 4.56. The highest BCUT2D eigenvalue weighted by Crippen LogP contribution is 2.15. The van der Waals surface area contributed by atoms with Crippen molar-refractivity contribution in [3.63, 3.8) is 0 Å². The van der Waals surface area contributed by atoms with Crippen molar-refractivity contribution in [3.8, 4) is 11.4 Å². The Hall–Kier alpha value is -1.68. The molecular weight excluding hydrogens is 212 g/mol. The summed E-state index contributed by atoms with van der Waals surface area (Å²) in [6, 6.07) is 10.0. The molecule has 0 radical (unpaired) electrons. The van der Waals surface area contributed by atoms with E-state index < -0.39 is 0 Å². The summed E-state index contributed by atoms with van der Waals surface area (Å²) in [5.41, 5.74) is 6.55. The molecule has 1 aromatic heterocycles. The van der Waals surface area contributed by atoms with Crippen LogP contribution in [0.1, 0.15) is 18.7 Å². The fourth-order valence-corrected chi connectivity index (χ4v) is 1.77. The van der Waals surface area contributed by atoms with Gasteiger partial charge in [-0.1, -0.05) is 30.3 Å². The summed E-state index contributed by atoms with van der Waals surface area (Å²) >= 11 is 0. The quantitative estimate of drug-likeness (QED) is 0.796. The van der Waals surface area contributed by atoms with E-state index in [0.29, 0.717) is 0 Å². The Bertz CT molecular complexity index is 462. The molecule has 0 spiro atoms. The molecule has 2 N–H and O–H groups in total. The van der Waals surface area contributed by atoms with Crippen molar-refractivity contribution in [3.05, 3.63) is 36.2 Å². The topological polar surface area (TPSA) is 56.7 Å². The van der Waals surface area contributed by atoms with Crippen molar-refractivity contribution >= 4 is 0 Å². The molecule has 0 saturated carbocycles. The minimum atomic E-state index is 0.739. The molecular formula is C13H18N4. The number of hydrogen-bond donors (Lipinski definition) is 1. The van der Waals surface area contributed by atoms with Crippen LogP contribution in [-0.2, 0) is 13.5 Å². The molecule has 0 fully saturated rings. The summed E-state index contributed by atoms with van der Waals surface area (Å²) < 4.78 is 1.86. The Kier molecular flexibility index (Phi) is 3.88. The molecule has 0 aliphatic heterocycles. The average Bonchev–Trinajstić information content (AvgIpc) is 2.73. The zero-order valence-corrected chi connectivity index (χ0v) is 10.1. The van der Waals surface area contributed by atoms with Crippen molar-refractivity contribution in [1.29, 1.82) is 0 Å². The molecule has 0 saturated heterocycles. The third-order valence-corrected chi connectivity index (χ3v) is 2.74. The van der Waals surface area contributed by atoms with E-state index in [1.165, 1.54) is 0 Å². The van der Waals surface area contributed by atoms with Crippen LogP contribution in [0.25, 0.3) is 11.4 Å². The molecule has 0 bridgehead atoms. The van der Waals surface area contributed by atoms with Gasteiger partial charge in [0.25, 0.3) is 0 Å². The van der Waals surface area contributed by atoms with Crippen LogP contribution in [0.15, 0.2) is 30.3 Å². The first kappa shape index (κ1) is 11.8. The number of rotatable bonds is 5. The molecule has 1 aromatic carbocycles. The van der Waals surface area contributed by atoms with E-state index in [1.54, 1.807) is 0 Å². The highest BCUT2D eigenvalue weighted by atomic mass is 15.3. The Morgan fingerprint density at radius 1 is 1.18 bits per heavy atom. The van der Waals surface area contributed by atoms with Crippen molar-refractivity contribution < 1.29 is 0 Å². The van der Waals surface area contributed by atoms with Crippen molar-refractivity contribution in [2.75, 3.05) is 6.54 Å². The van der Waals surface area contributed by atoms with E-state index in [9.17, 15) is 0 Å². The monoisotopic (exact) mass is 230 g/mol. The second-order valence-electron chi connectivity index (χ2n) is 4.09. The van der Waals surface area contributed by atoms with Gasteiger partial charge in [-0.2, -0.15) is 5.10 Å². The van der Waals surface area contributed by atoms with E-state index >= 15 is 0 Å². The Morgan fingerprint density at radius 2 is 1.94 bits per heavy atom. The maximum absolute atomic E-state index is 5.48. The molecule has 0 aliphatic rings. The summed E-state index contributed by atoms with van der Waals surface area (Å²) in [5, 5.41) is 4.43. The third kappa shape index (κ3) is 2.91. The van der Waals surface area contributed by atoms with Crippen molar-refractivity contribution in [2.45, 2.75) is 19.3 Å². The lowest BCUT2D eigenvalue weighted by Gasteiger charge is -1.97. The third-order valence-electron chi connectivity index (χ3n) is 2.74. The fourth-order valence-electron chi connectivity index (χ4n) is 1.77. The van der Waals surface area contributed by atoms with E-state index in [-0.39, 0.29) is 0 Å². The summed E-state index contributed by atoms with van der Waals surface area (Å²) in [6.07, 6.45) is 3.04. The van der Waals surface area contributed by atoms with Gasteiger partial charge in [0, 0.05) is 19.0 Å². The van der Waals surface area contributed by atoms with Gasteiger partial charge in [-0.25, -0.2) is 4.98 Å². The highest BCUT2D eigenvalue weighted by molar-refractivity contribution is 5.53. The van der Waals surface area contributed by atoms with E-state index in [0.717, 1.165) is 43.0 Å². The number of aromatic nitrogens is 3. The van der Waals surface area contributed by atoms with Crippen LogP contribution >= 0.6 is 0 Å². The van der Waals surface area contributed by atoms with E-state index in [1.807, 2.05) is 42.1 Å². The average molecular weight is 230 g/mol. The SMILES string of the molecule is Cn1nc(-c2ccccc2)nc1CCCCN. The summed E-state index contributed by atoms with van der Waals surface area (Å²) in [6.45, 7) is 0.739. The lowest BCUT2D eigenvalue weighted by Crippen LogP contribution is -2.03. The molecule has 0 amide bonds. The minimum Gasteiger partial charge on any atom is -0.330 e. The van der Waals surface area contributed by atoms with Crippen LogP contribution in [0.3, 0.4) is 0 Å². The first-order valence-electron chi connectivity index (χ1n) is 5.96. The van der Waals surface area contributed by atoms with E-state index in [4.69, 9.17) is 5.73 Å². The molecule has 0 unspecified atom stereocenters. The normalized spacial score (nSPS) is 10.7. The van der Waals surface area contributed by atoms with Gasteiger partial charge < -0.3 is 5.73 Å². The number of hydrogen-bond acceptors (Lipinski definition) is 3. The van der Waals surface area contributed by atoms with Crippen LogP contribution in [0.4, 0.5) is 0 Å². The molecule has 2 rings (SSSR count). The molecule has 4 heteroatoms. The molecule has 2 aromatic rings. The molecule has 0 atom stereocenters. The van der Waals surface area contributed by atoms with Gasteiger partial charge in [0.2, 0.25) is 0 Å². The first-order chi connectivity index (χ1) is 8.31. The van der Waals surface area contributed by atoms with Gasteiger partial charge in [0.1, 0.15) is 5.82 Å². The standard InChI is InChI=1S/C13H18N4/c1-17-12(9-5-6-10-14)15-13(16-17)11-7-3-2-4-8-11/h2-4,7-8H,5-6,9-10,14H2,1H3. The number of aryl methyl sites for hydroxylation is 2. The maximum atomic E-state index is 5.48. The fraction of sp³-hybridized carbons (Fsp3) is 0.385. The predicted molar refractivity (Wildman–Crippen MR) is 68.4 cm³/mol. The molecule has 1 heterocycles. The Balaban J connectivity index is 2.13. The number of unbranched alkanes of at least 4 members (excludes halogenated alkanes) is 1. The largest absolute Gasteiger partial charge is 0.330 e. The number of nitrogens with two attached hydrogens (primary N) is 1. The predicted octanol–water partition coefficient (Wildman–Crippen LogP) is 1.76. The van der Waals surface area contributed by atoms with Crippen LogP contribution in [0.5, 0.6) is 0 Å². The van der Waals surface area contributed by atoms with Crippen molar-refractivity contribution in [1.82, 2.24) is 14.8 Å². The van der Waals surface area contributed by atoms with Crippen LogP contribution < -0.4 is 5.73 Å². The molecule has 0 aliphatic carbocycles. The van der Waals surface area contributed by atoms with E-state index in [2.05, 4.69) is 10.1 Å². The van der Waals surface area contributed by atoms with Gasteiger partial charge >= 0.3 is 0 Å². The lowest BCUT2D eigenvalue weighted by molar-refractivity contribution is 0.653. The second-order valence-corrected chi connectivity index (χ2v) is 4.09. The summed E-state index contributed by atoms with van der Waals surface area (Å²) in [5.74, 6) is 1.83. The van der Waals surface area contributed by atoms with Gasteiger partial charge in [0.15, 0.2) is 5.82 Å². The molecule has 17 heavy (non-hydrogen) atoms. The Morgan fingerprint density at radius 3 is 2.65 bits per heavy atom. The van der Waals surface area contributed by atoms with Crippen LogP contribution in [-0.4, -0.2) is 21.3 Å². The van der Waals surface area contributed by atoms with Gasteiger partial charge in [-0.05, 0) is 19.4 Å². The van der Waals surface area contributed by atoms with Crippen LogP contribution in [0.2, 0.25) is 0 Å². The number of benzene rings is 1. The van der Waals surface area contributed by atoms with Crippen molar-refractivity contribution in [2.24, 2.45) is 12.8 Å². The van der Waals surface area contributed by atoms with Gasteiger partial charge in [-0.15, -0.1) is 0 Å². The van der Waals surface area contributed by atoms with Gasteiger partial charge in [0.05, 0.1) is 0 Å². The second kappa shape index (κ2) is 5.59. The lowest BCUT2D eigenvalue weighted by atomic mass is 10.2.